The van der Waals surface area contributed by atoms with Crippen LogP contribution in [0, 0.1) is 6.92 Å². The lowest BCUT2D eigenvalue weighted by Crippen LogP contribution is -2.33. The summed E-state index contributed by atoms with van der Waals surface area (Å²) in [7, 11) is 4.03. The predicted molar refractivity (Wildman–Crippen MR) is 84.5 cm³/mol. The second-order valence-electron chi connectivity index (χ2n) is 5.87. The summed E-state index contributed by atoms with van der Waals surface area (Å²) in [4.78, 5) is 13.1. The Morgan fingerprint density at radius 3 is 2.52 bits per heavy atom. The molecule has 0 amide bonds. The molecule has 21 heavy (non-hydrogen) atoms. The number of aryl methyl sites for hydroxylation is 2. The van der Waals surface area contributed by atoms with E-state index in [1.165, 1.54) is 44.6 Å². The molecule has 1 heterocycles. The SMILES string of the molecule is Cc1nn(C)c(N(C)C2CCCCCC2)c1/C=C/C(=O)O. The molecule has 1 aliphatic rings. The van der Waals surface area contributed by atoms with Gasteiger partial charge in [-0.15, -0.1) is 0 Å². The first-order valence-corrected chi connectivity index (χ1v) is 7.68. The zero-order valence-corrected chi connectivity index (χ0v) is 13.2. The minimum Gasteiger partial charge on any atom is -0.478 e. The lowest BCUT2D eigenvalue weighted by atomic mass is 10.1. The van der Waals surface area contributed by atoms with Gasteiger partial charge >= 0.3 is 5.97 Å². The maximum atomic E-state index is 10.8. The van der Waals surface area contributed by atoms with Crippen LogP contribution >= 0.6 is 0 Å². The van der Waals surface area contributed by atoms with Crippen molar-refractivity contribution < 1.29 is 9.90 Å². The smallest absolute Gasteiger partial charge is 0.328 e. The van der Waals surface area contributed by atoms with Crippen molar-refractivity contribution in [3.63, 3.8) is 0 Å². The molecule has 1 aromatic heterocycles. The van der Waals surface area contributed by atoms with Gasteiger partial charge in [0.1, 0.15) is 5.82 Å². The van der Waals surface area contributed by atoms with Crippen molar-refractivity contribution in [1.29, 1.82) is 0 Å². The number of anilines is 1. The summed E-state index contributed by atoms with van der Waals surface area (Å²) in [6.07, 6.45) is 10.4. The second kappa shape index (κ2) is 6.78. The number of carboxylic acid groups (broad SMARTS) is 1. The van der Waals surface area contributed by atoms with Gasteiger partial charge in [0.05, 0.1) is 5.69 Å². The molecule has 0 unspecified atom stereocenters. The third-order valence-electron chi connectivity index (χ3n) is 4.34. The van der Waals surface area contributed by atoms with Gasteiger partial charge < -0.3 is 10.0 Å². The van der Waals surface area contributed by atoms with Crippen LogP contribution in [0.2, 0.25) is 0 Å². The topological polar surface area (TPSA) is 58.4 Å². The van der Waals surface area contributed by atoms with E-state index in [2.05, 4.69) is 17.0 Å². The van der Waals surface area contributed by atoms with Gasteiger partial charge in [-0.3, -0.25) is 4.68 Å². The van der Waals surface area contributed by atoms with E-state index in [-0.39, 0.29) is 0 Å². The first-order chi connectivity index (χ1) is 10.0. The van der Waals surface area contributed by atoms with Crippen LogP contribution in [0.15, 0.2) is 6.08 Å². The molecular formula is C16H25N3O2. The van der Waals surface area contributed by atoms with E-state index in [1.54, 1.807) is 6.08 Å². The van der Waals surface area contributed by atoms with Crippen molar-refractivity contribution in [2.45, 2.75) is 51.5 Å². The monoisotopic (exact) mass is 291 g/mol. The molecule has 1 saturated carbocycles. The van der Waals surface area contributed by atoms with Crippen LogP contribution in [0.4, 0.5) is 5.82 Å². The molecule has 1 aromatic rings. The first-order valence-electron chi connectivity index (χ1n) is 7.68. The van der Waals surface area contributed by atoms with Crippen molar-refractivity contribution in [3.05, 3.63) is 17.3 Å². The number of aromatic nitrogens is 2. The molecule has 1 N–H and O–H groups in total. The predicted octanol–water partition coefficient (Wildman–Crippen LogP) is 2.99. The minimum atomic E-state index is -0.929. The Hall–Kier alpha value is -1.78. The Kier molecular flexibility index (Phi) is 5.04. The Morgan fingerprint density at radius 1 is 1.33 bits per heavy atom. The standard InChI is InChI=1S/C16H25N3O2/c1-12-14(10-11-15(20)21)16(19(3)17-12)18(2)13-8-6-4-5-7-9-13/h10-11,13H,4-9H2,1-3H3,(H,20,21)/b11-10+. The quantitative estimate of drug-likeness (QED) is 0.684. The average molecular weight is 291 g/mol. The van der Waals surface area contributed by atoms with Crippen LogP contribution in [0.25, 0.3) is 6.08 Å². The lowest BCUT2D eigenvalue weighted by Gasteiger charge is -2.29. The largest absolute Gasteiger partial charge is 0.478 e. The Balaban J connectivity index is 2.30. The molecule has 0 radical (unpaired) electrons. The van der Waals surface area contributed by atoms with Crippen LogP contribution in [0.1, 0.15) is 49.8 Å². The molecule has 5 heteroatoms. The second-order valence-corrected chi connectivity index (χ2v) is 5.87. The Bertz CT molecular complexity index is 526. The van der Waals surface area contributed by atoms with E-state index in [0.29, 0.717) is 6.04 Å². The van der Waals surface area contributed by atoms with Crippen LogP contribution in [0.5, 0.6) is 0 Å². The maximum absolute atomic E-state index is 10.8. The molecule has 0 saturated heterocycles. The molecule has 0 bridgehead atoms. The molecule has 1 fully saturated rings. The molecular weight excluding hydrogens is 266 g/mol. The third kappa shape index (κ3) is 3.65. The fourth-order valence-electron chi connectivity index (χ4n) is 3.25. The highest BCUT2D eigenvalue weighted by molar-refractivity contribution is 5.87. The average Bonchev–Trinajstić information content (AvgIpc) is 2.61. The normalized spacial score (nSPS) is 17.1. The number of aliphatic carboxylic acids is 1. The van der Waals surface area contributed by atoms with E-state index in [9.17, 15) is 4.79 Å². The highest BCUT2D eigenvalue weighted by atomic mass is 16.4. The van der Waals surface area contributed by atoms with E-state index in [0.717, 1.165) is 17.1 Å². The highest BCUT2D eigenvalue weighted by Crippen LogP contribution is 2.29. The number of hydrogen-bond donors (Lipinski definition) is 1. The number of hydrogen-bond acceptors (Lipinski definition) is 3. The van der Waals surface area contributed by atoms with E-state index < -0.39 is 5.97 Å². The van der Waals surface area contributed by atoms with Crippen LogP contribution in [0.3, 0.4) is 0 Å². The number of carbonyl (C=O) groups is 1. The highest BCUT2D eigenvalue weighted by Gasteiger charge is 2.22. The lowest BCUT2D eigenvalue weighted by molar-refractivity contribution is -0.131. The van der Waals surface area contributed by atoms with Crippen molar-refractivity contribution in [2.24, 2.45) is 7.05 Å². The zero-order valence-electron chi connectivity index (χ0n) is 13.2. The molecule has 116 valence electrons. The molecule has 2 rings (SSSR count). The summed E-state index contributed by atoms with van der Waals surface area (Å²) in [6.45, 7) is 1.92. The molecule has 5 nitrogen and oxygen atoms in total. The van der Waals surface area contributed by atoms with Gasteiger partial charge in [-0.05, 0) is 25.8 Å². The Morgan fingerprint density at radius 2 is 1.95 bits per heavy atom. The summed E-state index contributed by atoms with van der Waals surface area (Å²) in [6, 6.07) is 0.513. The summed E-state index contributed by atoms with van der Waals surface area (Å²) in [5.41, 5.74) is 1.78. The van der Waals surface area contributed by atoms with Crippen molar-refractivity contribution in [3.8, 4) is 0 Å². The summed E-state index contributed by atoms with van der Waals surface area (Å²) in [5, 5.41) is 13.3. The van der Waals surface area contributed by atoms with Gasteiger partial charge in [0.2, 0.25) is 0 Å². The van der Waals surface area contributed by atoms with Crippen LogP contribution in [-0.4, -0.2) is 33.9 Å². The number of nitrogens with zero attached hydrogens (tertiary/aromatic N) is 3. The minimum absolute atomic E-state index is 0.513. The third-order valence-corrected chi connectivity index (χ3v) is 4.34. The van der Waals surface area contributed by atoms with Gasteiger partial charge in [-0.25, -0.2) is 4.79 Å². The summed E-state index contributed by atoms with van der Waals surface area (Å²) < 4.78 is 1.86. The van der Waals surface area contributed by atoms with Crippen LogP contribution in [-0.2, 0) is 11.8 Å². The summed E-state index contributed by atoms with van der Waals surface area (Å²) in [5.74, 6) is 0.0817. The van der Waals surface area contributed by atoms with Gasteiger partial charge in [0.15, 0.2) is 0 Å². The van der Waals surface area contributed by atoms with Gasteiger partial charge in [-0.1, -0.05) is 25.7 Å². The molecule has 1 aliphatic carbocycles. The molecule has 0 aromatic carbocycles. The molecule has 0 atom stereocenters. The Labute approximate surface area is 126 Å². The van der Waals surface area contributed by atoms with Crippen molar-refractivity contribution in [2.75, 3.05) is 11.9 Å². The van der Waals surface area contributed by atoms with E-state index >= 15 is 0 Å². The fourth-order valence-corrected chi connectivity index (χ4v) is 3.25. The van der Waals surface area contributed by atoms with E-state index in [1.807, 2.05) is 18.7 Å². The number of rotatable bonds is 4. The van der Waals surface area contributed by atoms with Gasteiger partial charge in [0, 0.05) is 31.8 Å². The zero-order chi connectivity index (χ0) is 15.4. The molecule has 0 aliphatic heterocycles. The van der Waals surface area contributed by atoms with Crippen molar-refractivity contribution >= 4 is 17.9 Å². The maximum Gasteiger partial charge on any atom is 0.328 e. The van der Waals surface area contributed by atoms with Crippen molar-refractivity contribution in [1.82, 2.24) is 9.78 Å². The molecule has 0 spiro atoms. The van der Waals surface area contributed by atoms with Gasteiger partial charge in [-0.2, -0.15) is 5.10 Å². The van der Waals surface area contributed by atoms with Crippen LogP contribution < -0.4 is 4.90 Å². The summed E-state index contributed by atoms with van der Waals surface area (Å²) >= 11 is 0. The fraction of sp³-hybridized carbons (Fsp3) is 0.625. The first kappa shape index (κ1) is 15.6. The van der Waals surface area contributed by atoms with E-state index in [4.69, 9.17) is 5.11 Å². The van der Waals surface area contributed by atoms with Gasteiger partial charge in [0.25, 0.3) is 0 Å². The number of carboxylic acids is 1.